The van der Waals surface area contributed by atoms with Crippen molar-refractivity contribution in [1.82, 2.24) is 10.2 Å². The zero-order valence-electron chi connectivity index (χ0n) is 16.5. The highest BCUT2D eigenvalue weighted by Gasteiger charge is 2.26. The third kappa shape index (κ3) is 4.97. The molecule has 5 nitrogen and oxygen atoms in total. The minimum Gasteiger partial charge on any atom is -0.492 e. The Morgan fingerprint density at radius 3 is 2.50 bits per heavy atom. The molecular weight excluding hydrogens is 374 g/mol. The summed E-state index contributed by atoms with van der Waals surface area (Å²) < 4.78 is 5.76. The van der Waals surface area contributed by atoms with E-state index in [2.05, 4.69) is 21.2 Å². The smallest absolute Gasteiger partial charge is 0.237 e. The van der Waals surface area contributed by atoms with E-state index in [-0.39, 0.29) is 11.9 Å². The molecule has 1 N–H and O–H groups in total. The predicted octanol–water partition coefficient (Wildman–Crippen LogP) is 3.57. The van der Waals surface area contributed by atoms with E-state index in [0.717, 1.165) is 43.2 Å². The van der Waals surface area contributed by atoms with E-state index in [1.807, 2.05) is 56.3 Å². The van der Waals surface area contributed by atoms with Crippen LogP contribution in [0.4, 0.5) is 5.69 Å². The van der Waals surface area contributed by atoms with Crippen LogP contribution in [-0.4, -0.2) is 49.6 Å². The molecule has 1 aliphatic heterocycles. The number of benzene rings is 2. The number of carbonyl (C=O) groups is 1. The monoisotopic (exact) mass is 401 g/mol. The Kier molecular flexibility index (Phi) is 7.18. The molecular formula is C22H28ClN3O2. The molecule has 2 aromatic carbocycles. The Balaban J connectivity index is 1.53. The number of ether oxygens (including phenoxy) is 1. The Bertz CT molecular complexity index is 791. The van der Waals surface area contributed by atoms with Crippen molar-refractivity contribution in [1.29, 1.82) is 0 Å². The number of para-hydroxylation sites is 2. The van der Waals surface area contributed by atoms with Crippen LogP contribution in [0.3, 0.4) is 0 Å². The number of halogens is 1. The summed E-state index contributed by atoms with van der Waals surface area (Å²) in [6, 6.07) is 15.6. The van der Waals surface area contributed by atoms with Crippen LogP contribution in [0.25, 0.3) is 0 Å². The first kappa shape index (κ1) is 20.5. The predicted molar refractivity (Wildman–Crippen MR) is 114 cm³/mol. The molecule has 1 aliphatic rings. The van der Waals surface area contributed by atoms with Crippen LogP contribution in [0, 0.1) is 0 Å². The molecule has 0 radical (unpaired) electrons. The Labute approximate surface area is 172 Å². The summed E-state index contributed by atoms with van der Waals surface area (Å²) >= 11 is 6.17. The first-order chi connectivity index (χ1) is 13.6. The van der Waals surface area contributed by atoms with Crippen LogP contribution in [0.15, 0.2) is 48.5 Å². The van der Waals surface area contributed by atoms with Gasteiger partial charge in [0.2, 0.25) is 5.91 Å². The third-order valence-corrected chi connectivity index (χ3v) is 5.53. The number of hydrogen-bond acceptors (Lipinski definition) is 4. The largest absolute Gasteiger partial charge is 0.492 e. The van der Waals surface area contributed by atoms with Gasteiger partial charge in [0.1, 0.15) is 5.75 Å². The molecule has 1 heterocycles. The Hall–Kier alpha value is -2.24. The van der Waals surface area contributed by atoms with Gasteiger partial charge in [0.15, 0.2) is 0 Å². The minimum atomic E-state index is -0.174. The molecule has 0 spiro atoms. The van der Waals surface area contributed by atoms with Gasteiger partial charge in [-0.25, -0.2) is 0 Å². The van der Waals surface area contributed by atoms with Gasteiger partial charge in [-0.3, -0.25) is 9.69 Å². The summed E-state index contributed by atoms with van der Waals surface area (Å²) in [5.74, 6) is 0.951. The SMILES string of the molecule is CCOc1ccccc1N1CCN([C@H](C)C(=O)NCc2ccccc2Cl)CC1. The molecule has 150 valence electrons. The van der Waals surface area contributed by atoms with Gasteiger partial charge in [-0.15, -0.1) is 0 Å². The summed E-state index contributed by atoms with van der Waals surface area (Å²) in [7, 11) is 0. The standard InChI is InChI=1S/C22H28ClN3O2/c1-3-28-21-11-7-6-10-20(21)26-14-12-25(13-15-26)17(2)22(27)24-16-18-8-4-5-9-19(18)23/h4-11,17H,3,12-16H2,1-2H3,(H,24,27)/t17-/m1/s1. The van der Waals surface area contributed by atoms with Gasteiger partial charge in [0, 0.05) is 37.7 Å². The summed E-state index contributed by atoms with van der Waals surface area (Å²) in [5, 5.41) is 3.68. The van der Waals surface area contributed by atoms with E-state index in [9.17, 15) is 4.79 Å². The molecule has 0 aromatic heterocycles. The van der Waals surface area contributed by atoms with Crippen molar-refractivity contribution in [2.45, 2.75) is 26.4 Å². The van der Waals surface area contributed by atoms with Crippen molar-refractivity contribution in [2.24, 2.45) is 0 Å². The lowest BCUT2D eigenvalue weighted by Gasteiger charge is -2.39. The van der Waals surface area contributed by atoms with Crippen molar-refractivity contribution < 1.29 is 9.53 Å². The number of nitrogens with one attached hydrogen (secondary N) is 1. The van der Waals surface area contributed by atoms with Gasteiger partial charge in [0.25, 0.3) is 0 Å². The minimum absolute atomic E-state index is 0.0306. The van der Waals surface area contributed by atoms with E-state index in [1.54, 1.807) is 0 Å². The zero-order chi connectivity index (χ0) is 19.9. The van der Waals surface area contributed by atoms with Gasteiger partial charge in [-0.05, 0) is 37.6 Å². The highest BCUT2D eigenvalue weighted by Crippen LogP contribution is 2.29. The lowest BCUT2D eigenvalue weighted by Crippen LogP contribution is -2.54. The van der Waals surface area contributed by atoms with E-state index in [4.69, 9.17) is 16.3 Å². The summed E-state index contributed by atoms with van der Waals surface area (Å²) in [4.78, 5) is 17.1. The molecule has 1 saturated heterocycles. The lowest BCUT2D eigenvalue weighted by molar-refractivity contribution is -0.126. The molecule has 0 unspecified atom stereocenters. The first-order valence-corrected chi connectivity index (χ1v) is 10.2. The second-order valence-corrected chi connectivity index (χ2v) is 7.32. The zero-order valence-corrected chi connectivity index (χ0v) is 17.3. The number of hydrogen-bond donors (Lipinski definition) is 1. The fourth-order valence-electron chi connectivity index (χ4n) is 3.48. The third-order valence-electron chi connectivity index (χ3n) is 5.16. The first-order valence-electron chi connectivity index (χ1n) is 9.82. The van der Waals surface area contributed by atoms with Crippen LogP contribution in [0.2, 0.25) is 5.02 Å². The summed E-state index contributed by atoms with van der Waals surface area (Å²) in [5.41, 5.74) is 2.06. The fourth-order valence-corrected chi connectivity index (χ4v) is 3.69. The van der Waals surface area contributed by atoms with Crippen molar-refractivity contribution >= 4 is 23.2 Å². The number of amides is 1. The van der Waals surface area contributed by atoms with Gasteiger partial charge in [-0.2, -0.15) is 0 Å². The summed E-state index contributed by atoms with van der Waals surface area (Å²) in [6.45, 7) is 8.47. The van der Waals surface area contributed by atoms with Crippen LogP contribution in [-0.2, 0) is 11.3 Å². The molecule has 6 heteroatoms. The van der Waals surface area contributed by atoms with Gasteiger partial charge >= 0.3 is 0 Å². The van der Waals surface area contributed by atoms with Gasteiger partial charge in [-0.1, -0.05) is 41.9 Å². The second-order valence-electron chi connectivity index (χ2n) is 6.91. The highest BCUT2D eigenvalue weighted by atomic mass is 35.5. The van der Waals surface area contributed by atoms with E-state index >= 15 is 0 Å². The highest BCUT2D eigenvalue weighted by molar-refractivity contribution is 6.31. The quantitative estimate of drug-likeness (QED) is 0.770. The summed E-state index contributed by atoms with van der Waals surface area (Å²) in [6.07, 6.45) is 0. The van der Waals surface area contributed by atoms with Gasteiger partial charge in [0.05, 0.1) is 18.3 Å². The molecule has 0 bridgehead atoms. The lowest BCUT2D eigenvalue weighted by atomic mass is 10.1. The average molecular weight is 402 g/mol. The van der Waals surface area contributed by atoms with Gasteiger partial charge < -0.3 is 15.0 Å². The number of carbonyl (C=O) groups excluding carboxylic acids is 1. The Morgan fingerprint density at radius 2 is 1.79 bits per heavy atom. The van der Waals surface area contributed by atoms with E-state index in [1.165, 1.54) is 0 Å². The van der Waals surface area contributed by atoms with Crippen molar-refractivity contribution in [3.05, 3.63) is 59.1 Å². The van der Waals surface area contributed by atoms with Crippen molar-refractivity contribution in [3.8, 4) is 5.75 Å². The number of rotatable bonds is 7. The molecule has 0 aliphatic carbocycles. The molecule has 1 atom stereocenters. The maximum absolute atomic E-state index is 12.6. The van der Waals surface area contributed by atoms with E-state index in [0.29, 0.717) is 18.2 Å². The number of piperazine rings is 1. The van der Waals surface area contributed by atoms with E-state index < -0.39 is 0 Å². The molecule has 2 aromatic rings. The van der Waals surface area contributed by atoms with Crippen molar-refractivity contribution in [3.63, 3.8) is 0 Å². The maximum atomic E-state index is 12.6. The van der Waals surface area contributed by atoms with Crippen molar-refractivity contribution in [2.75, 3.05) is 37.7 Å². The van der Waals surface area contributed by atoms with Crippen LogP contribution in [0.5, 0.6) is 5.75 Å². The number of anilines is 1. The maximum Gasteiger partial charge on any atom is 0.237 e. The van der Waals surface area contributed by atoms with Crippen LogP contribution < -0.4 is 15.0 Å². The van der Waals surface area contributed by atoms with Crippen LogP contribution in [0.1, 0.15) is 19.4 Å². The Morgan fingerprint density at radius 1 is 1.11 bits per heavy atom. The fraction of sp³-hybridized carbons (Fsp3) is 0.409. The molecule has 0 saturated carbocycles. The molecule has 1 amide bonds. The molecule has 3 rings (SSSR count). The normalized spacial score (nSPS) is 15.9. The number of nitrogens with zero attached hydrogens (tertiary/aromatic N) is 2. The average Bonchev–Trinajstić information content (AvgIpc) is 2.73. The second kappa shape index (κ2) is 9.80. The van der Waals surface area contributed by atoms with Crippen LogP contribution >= 0.6 is 11.6 Å². The molecule has 28 heavy (non-hydrogen) atoms. The molecule has 1 fully saturated rings. The topological polar surface area (TPSA) is 44.8 Å².